The van der Waals surface area contributed by atoms with Gasteiger partial charge in [0, 0.05) is 17.8 Å². The second-order valence-electron chi connectivity index (χ2n) is 4.20. The van der Waals surface area contributed by atoms with Crippen LogP contribution in [0.15, 0.2) is 23.4 Å². The molecule has 0 aliphatic carbocycles. The van der Waals surface area contributed by atoms with Crippen molar-refractivity contribution in [3.05, 3.63) is 28.8 Å². The molecule has 0 fully saturated rings. The van der Waals surface area contributed by atoms with E-state index >= 15 is 0 Å². The fourth-order valence-electron chi connectivity index (χ4n) is 1.50. The number of nitrogens with one attached hydrogen (secondary N) is 1. The van der Waals surface area contributed by atoms with Crippen molar-refractivity contribution in [3.63, 3.8) is 0 Å². The SMILES string of the molecule is Cc1ccc(Cl)cc1NC(=O)CSc1nnc(N)n1C. The summed E-state index contributed by atoms with van der Waals surface area (Å²) in [5.74, 6) is 0.401. The topological polar surface area (TPSA) is 85.8 Å². The van der Waals surface area contributed by atoms with Gasteiger partial charge in [0.05, 0.1) is 5.75 Å². The number of hydrogen-bond acceptors (Lipinski definition) is 5. The standard InChI is InChI=1S/C12H14ClN5OS/c1-7-3-4-8(13)5-9(7)15-10(19)6-20-12-17-16-11(14)18(12)2/h3-5H,6H2,1-2H3,(H2,14,16)(H,15,19). The predicted octanol–water partition coefficient (Wildman–Crippen LogP) is 2.09. The molecule has 106 valence electrons. The number of aryl methyl sites for hydroxylation is 1. The molecular formula is C12H14ClN5OS. The van der Waals surface area contributed by atoms with Gasteiger partial charge in [-0.15, -0.1) is 10.2 Å². The van der Waals surface area contributed by atoms with E-state index in [4.69, 9.17) is 17.3 Å². The maximum Gasteiger partial charge on any atom is 0.234 e. The second kappa shape index (κ2) is 6.15. The zero-order chi connectivity index (χ0) is 14.7. The molecule has 0 aliphatic rings. The fraction of sp³-hybridized carbons (Fsp3) is 0.250. The minimum atomic E-state index is -0.137. The largest absolute Gasteiger partial charge is 0.368 e. The molecule has 0 spiro atoms. The van der Waals surface area contributed by atoms with Crippen LogP contribution in [0.4, 0.5) is 11.6 Å². The molecule has 8 heteroatoms. The van der Waals surface area contributed by atoms with Crippen LogP contribution in [0.3, 0.4) is 0 Å². The van der Waals surface area contributed by atoms with Crippen LogP contribution in [0.5, 0.6) is 0 Å². The highest BCUT2D eigenvalue weighted by molar-refractivity contribution is 7.99. The van der Waals surface area contributed by atoms with Crippen molar-refractivity contribution in [3.8, 4) is 0 Å². The Kier molecular flexibility index (Phi) is 4.51. The average Bonchev–Trinajstić information content (AvgIpc) is 2.72. The molecular weight excluding hydrogens is 298 g/mol. The highest BCUT2D eigenvalue weighted by Gasteiger charge is 2.10. The molecule has 1 aromatic carbocycles. The number of rotatable bonds is 4. The van der Waals surface area contributed by atoms with E-state index in [1.807, 2.05) is 13.0 Å². The number of thioether (sulfide) groups is 1. The summed E-state index contributed by atoms with van der Waals surface area (Å²) in [7, 11) is 1.75. The molecule has 1 heterocycles. The molecule has 0 atom stereocenters. The van der Waals surface area contributed by atoms with Gasteiger partial charge in [0.25, 0.3) is 0 Å². The van der Waals surface area contributed by atoms with Gasteiger partial charge in [-0.05, 0) is 24.6 Å². The van der Waals surface area contributed by atoms with Crippen LogP contribution in [-0.2, 0) is 11.8 Å². The van der Waals surface area contributed by atoms with Crippen LogP contribution in [0, 0.1) is 6.92 Å². The molecule has 0 aliphatic heterocycles. The molecule has 0 bridgehead atoms. The Labute approximate surface area is 125 Å². The molecule has 20 heavy (non-hydrogen) atoms. The van der Waals surface area contributed by atoms with Crippen molar-refractivity contribution < 1.29 is 4.79 Å². The maximum atomic E-state index is 11.9. The number of halogens is 1. The van der Waals surface area contributed by atoms with E-state index in [1.165, 1.54) is 11.8 Å². The van der Waals surface area contributed by atoms with Crippen molar-refractivity contribution >= 4 is 40.9 Å². The Morgan fingerprint density at radius 2 is 2.25 bits per heavy atom. The molecule has 1 amide bonds. The molecule has 1 aromatic heterocycles. The third-order valence-electron chi connectivity index (χ3n) is 2.67. The highest BCUT2D eigenvalue weighted by Crippen LogP contribution is 2.21. The summed E-state index contributed by atoms with van der Waals surface area (Å²) in [5, 5.41) is 11.6. The van der Waals surface area contributed by atoms with Crippen LogP contribution >= 0.6 is 23.4 Å². The number of nitrogens with zero attached hydrogens (tertiary/aromatic N) is 3. The Hall–Kier alpha value is -1.73. The minimum Gasteiger partial charge on any atom is -0.368 e. The van der Waals surface area contributed by atoms with E-state index in [-0.39, 0.29) is 11.7 Å². The zero-order valence-electron chi connectivity index (χ0n) is 11.1. The number of nitrogen functional groups attached to an aromatic ring is 1. The van der Waals surface area contributed by atoms with Gasteiger partial charge in [0.15, 0.2) is 5.16 Å². The lowest BCUT2D eigenvalue weighted by Crippen LogP contribution is -2.15. The lowest BCUT2D eigenvalue weighted by atomic mass is 10.2. The van der Waals surface area contributed by atoms with Crippen molar-refractivity contribution in [1.29, 1.82) is 0 Å². The van der Waals surface area contributed by atoms with Crippen LogP contribution in [0.1, 0.15) is 5.56 Å². The number of amides is 1. The van der Waals surface area contributed by atoms with E-state index in [0.29, 0.717) is 21.8 Å². The number of nitrogens with two attached hydrogens (primary N) is 1. The van der Waals surface area contributed by atoms with E-state index in [2.05, 4.69) is 15.5 Å². The van der Waals surface area contributed by atoms with E-state index in [0.717, 1.165) is 5.56 Å². The maximum absolute atomic E-state index is 11.9. The Balaban J connectivity index is 1.96. The molecule has 0 unspecified atom stereocenters. The summed E-state index contributed by atoms with van der Waals surface area (Å²) in [5.41, 5.74) is 7.23. The summed E-state index contributed by atoms with van der Waals surface area (Å²) >= 11 is 7.17. The van der Waals surface area contributed by atoms with Crippen LogP contribution < -0.4 is 11.1 Å². The monoisotopic (exact) mass is 311 g/mol. The van der Waals surface area contributed by atoms with Gasteiger partial charge in [-0.1, -0.05) is 29.4 Å². The van der Waals surface area contributed by atoms with Crippen LogP contribution in [0.2, 0.25) is 5.02 Å². The van der Waals surface area contributed by atoms with Crippen LogP contribution in [-0.4, -0.2) is 26.4 Å². The van der Waals surface area contributed by atoms with Crippen molar-refractivity contribution in [2.75, 3.05) is 16.8 Å². The lowest BCUT2D eigenvalue weighted by molar-refractivity contribution is -0.113. The first kappa shape index (κ1) is 14.7. The number of carbonyl (C=O) groups excluding carboxylic acids is 1. The second-order valence-corrected chi connectivity index (χ2v) is 5.57. The summed E-state index contributed by atoms with van der Waals surface area (Å²) < 4.78 is 1.63. The van der Waals surface area contributed by atoms with Crippen LogP contribution in [0.25, 0.3) is 0 Å². The van der Waals surface area contributed by atoms with Gasteiger partial charge in [-0.25, -0.2) is 0 Å². The third kappa shape index (κ3) is 3.43. The lowest BCUT2D eigenvalue weighted by Gasteiger charge is -2.08. The Bertz CT molecular complexity index is 643. The number of carbonyl (C=O) groups is 1. The molecule has 3 N–H and O–H groups in total. The summed E-state index contributed by atoms with van der Waals surface area (Å²) in [6.45, 7) is 1.91. The molecule has 6 nitrogen and oxygen atoms in total. The molecule has 2 aromatic rings. The molecule has 0 saturated heterocycles. The van der Waals surface area contributed by atoms with Gasteiger partial charge in [0.1, 0.15) is 0 Å². The Morgan fingerprint density at radius 1 is 1.50 bits per heavy atom. The summed E-state index contributed by atoms with van der Waals surface area (Å²) in [4.78, 5) is 11.9. The first-order chi connectivity index (χ1) is 9.47. The van der Waals surface area contributed by atoms with E-state index < -0.39 is 0 Å². The van der Waals surface area contributed by atoms with Crippen molar-refractivity contribution in [1.82, 2.24) is 14.8 Å². The number of benzene rings is 1. The smallest absolute Gasteiger partial charge is 0.234 e. The minimum absolute atomic E-state index is 0.137. The van der Waals surface area contributed by atoms with Crippen molar-refractivity contribution in [2.45, 2.75) is 12.1 Å². The zero-order valence-corrected chi connectivity index (χ0v) is 12.6. The van der Waals surface area contributed by atoms with Gasteiger partial charge in [0.2, 0.25) is 11.9 Å². The van der Waals surface area contributed by atoms with E-state index in [9.17, 15) is 4.79 Å². The van der Waals surface area contributed by atoms with Gasteiger partial charge >= 0.3 is 0 Å². The summed E-state index contributed by atoms with van der Waals surface area (Å²) in [6, 6.07) is 5.36. The number of anilines is 2. The average molecular weight is 312 g/mol. The van der Waals surface area contributed by atoms with Gasteiger partial charge in [-0.2, -0.15) is 0 Å². The first-order valence-electron chi connectivity index (χ1n) is 5.81. The normalized spacial score (nSPS) is 10.6. The molecule has 0 radical (unpaired) electrons. The molecule has 0 saturated carbocycles. The van der Waals surface area contributed by atoms with Gasteiger partial charge < -0.3 is 11.1 Å². The van der Waals surface area contributed by atoms with E-state index in [1.54, 1.807) is 23.7 Å². The quantitative estimate of drug-likeness (QED) is 0.844. The van der Waals surface area contributed by atoms with Crippen molar-refractivity contribution in [2.24, 2.45) is 7.05 Å². The number of hydrogen-bond donors (Lipinski definition) is 2. The van der Waals surface area contributed by atoms with Gasteiger partial charge in [-0.3, -0.25) is 9.36 Å². The highest BCUT2D eigenvalue weighted by atomic mass is 35.5. The Morgan fingerprint density at radius 3 is 2.90 bits per heavy atom. The first-order valence-corrected chi connectivity index (χ1v) is 7.17. The summed E-state index contributed by atoms with van der Waals surface area (Å²) in [6.07, 6.45) is 0. The number of aromatic nitrogens is 3. The third-order valence-corrected chi connectivity index (χ3v) is 3.93. The molecule has 2 rings (SSSR count). The fourth-order valence-corrected chi connectivity index (χ4v) is 2.39. The predicted molar refractivity (Wildman–Crippen MR) is 81.0 cm³/mol.